The molecule has 1 N–H and O–H groups in total. The topological polar surface area (TPSA) is 46.5 Å². The summed E-state index contributed by atoms with van der Waals surface area (Å²) < 4.78 is 5.57. The molecule has 0 amide bonds. The first-order valence-corrected chi connectivity index (χ1v) is 5.54. The van der Waals surface area contributed by atoms with Crippen LogP contribution in [0.25, 0.3) is 0 Å². The normalized spacial score (nSPS) is 16.9. The van der Waals surface area contributed by atoms with Crippen molar-refractivity contribution in [2.45, 2.75) is 19.8 Å². The van der Waals surface area contributed by atoms with Crippen molar-refractivity contribution in [3.05, 3.63) is 28.8 Å². The predicted octanol–water partition coefficient (Wildman–Crippen LogP) is 3.22. The van der Waals surface area contributed by atoms with Gasteiger partial charge in [-0.15, -0.1) is 0 Å². The molecule has 0 radical (unpaired) electrons. The van der Waals surface area contributed by atoms with E-state index in [2.05, 4.69) is 6.92 Å². The van der Waals surface area contributed by atoms with Crippen LogP contribution in [0.1, 0.15) is 30.1 Å². The Morgan fingerprint density at radius 3 is 2.75 bits per heavy atom. The van der Waals surface area contributed by atoms with Gasteiger partial charge in [-0.3, -0.25) is 0 Å². The molecule has 1 fully saturated rings. The van der Waals surface area contributed by atoms with E-state index >= 15 is 0 Å². The highest BCUT2D eigenvalue weighted by atomic mass is 35.5. The Morgan fingerprint density at radius 1 is 1.56 bits per heavy atom. The van der Waals surface area contributed by atoms with E-state index in [9.17, 15) is 4.79 Å². The lowest BCUT2D eigenvalue weighted by molar-refractivity contribution is 0.0697. The van der Waals surface area contributed by atoms with Gasteiger partial charge in [-0.2, -0.15) is 0 Å². The molecule has 1 aliphatic carbocycles. The second kappa shape index (κ2) is 3.98. The van der Waals surface area contributed by atoms with E-state index in [-0.39, 0.29) is 11.0 Å². The molecule has 1 aliphatic rings. The maximum absolute atomic E-state index is 10.7. The molecule has 1 aromatic carbocycles. The third-order valence-electron chi connectivity index (χ3n) is 2.86. The lowest BCUT2D eigenvalue weighted by Crippen LogP contribution is -2.09. The molecule has 3 nitrogen and oxygen atoms in total. The van der Waals surface area contributed by atoms with Crippen LogP contribution >= 0.6 is 11.6 Å². The van der Waals surface area contributed by atoms with Crippen LogP contribution in [0.4, 0.5) is 0 Å². The zero-order chi connectivity index (χ0) is 11.8. The molecule has 0 saturated heterocycles. The first-order valence-electron chi connectivity index (χ1n) is 5.16. The molecule has 0 bridgehead atoms. The van der Waals surface area contributed by atoms with Crippen molar-refractivity contribution in [1.29, 1.82) is 0 Å². The van der Waals surface area contributed by atoms with Crippen LogP contribution in [0, 0.1) is 5.41 Å². The zero-order valence-electron chi connectivity index (χ0n) is 9.00. The molecule has 86 valence electrons. The molecular formula is C12H13ClO3. The monoisotopic (exact) mass is 240 g/mol. The highest BCUT2D eigenvalue weighted by Gasteiger charge is 2.38. The van der Waals surface area contributed by atoms with E-state index in [1.807, 2.05) is 0 Å². The Bertz CT molecular complexity index is 424. The summed E-state index contributed by atoms with van der Waals surface area (Å²) in [6.07, 6.45) is 2.36. The summed E-state index contributed by atoms with van der Waals surface area (Å²) in [6, 6.07) is 4.52. The fraction of sp³-hybridized carbons (Fsp3) is 0.417. The van der Waals surface area contributed by atoms with Crippen molar-refractivity contribution in [2.75, 3.05) is 6.61 Å². The van der Waals surface area contributed by atoms with Gasteiger partial charge >= 0.3 is 5.97 Å². The molecule has 16 heavy (non-hydrogen) atoms. The maximum Gasteiger partial charge on any atom is 0.335 e. The molecule has 1 aromatic rings. The molecule has 0 aromatic heterocycles. The van der Waals surface area contributed by atoms with E-state index in [1.165, 1.54) is 25.0 Å². The van der Waals surface area contributed by atoms with Crippen molar-refractivity contribution in [3.8, 4) is 5.75 Å². The summed E-state index contributed by atoms with van der Waals surface area (Å²) in [5.74, 6) is -0.428. The van der Waals surface area contributed by atoms with E-state index in [0.717, 1.165) is 0 Å². The summed E-state index contributed by atoms with van der Waals surface area (Å²) in [5, 5.41) is 9.12. The van der Waals surface area contributed by atoms with E-state index in [0.29, 0.717) is 17.4 Å². The standard InChI is InChI=1S/C12H13ClO3/c1-12(4-5-12)7-16-10-3-2-8(11(14)15)6-9(10)13/h2-3,6H,4-5,7H2,1H3,(H,14,15). The van der Waals surface area contributed by atoms with Crippen molar-refractivity contribution >= 4 is 17.6 Å². The number of benzene rings is 1. The number of carboxylic acid groups (broad SMARTS) is 1. The number of ether oxygens (including phenoxy) is 1. The Morgan fingerprint density at radius 2 is 2.25 bits per heavy atom. The third-order valence-corrected chi connectivity index (χ3v) is 3.15. The Kier molecular flexibility index (Phi) is 2.80. The van der Waals surface area contributed by atoms with E-state index in [1.54, 1.807) is 6.07 Å². The summed E-state index contributed by atoms with van der Waals surface area (Å²) >= 11 is 5.93. The SMILES string of the molecule is CC1(COc2ccc(C(=O)O)cc2Cl)CC1. The van der Waals surface area contributed by atoms with Gasteiger partial charge in [0.25, 0.3) is 0 Å². The molecule has 0 heterocycles. The highest BCUT2D eigenvalue weighted by molar-refractivity contribution is 6.32. The van der Waals surface area contributed by atoms with Gasteiger partial charge in [-0.25, -0.2) is 4.79 Å². The van der Waals surface area contributed by atoms with Crippen LogP contribution in [0.15, 0.2) is 18.2 Å². The van der Waals surface area contributed by atoms with Crippen LogP contribution in [-0.2, 0) is 0 Å². The number of hydrogen-bond acceptors (Lipinski definition) is 2. The van der Waals surface area contributed by atoms with Gasteiger partial charge in [0.2, 0.25) is 0 Å². The van der Waals surface area contributed by atoms with Crippen molar-refractivity contribution in [2.24, 2.45) is 5.41 Å². The van der Waals surface area contributed by atoms with Crippen molar-refractivity contribution in [3.63, 3.8) is 0 Å². The van der Waals surface area contributed by atoms with E-state index < -0.39 is 5.97 Å². The molecule has 2 rings (SSSR count). The zero-order valence-corrected chi connectivity index (χ0v) is 9.75. The molecular weight excluding hydrogens is 228 g/mol. The van der Waals surface area contributed by atoms with Crippen molar-refractivity contribution in [1.82, 2.24) is 0 Å². The second-order valence-electron chi connectivity index (χ2n) is 4.55. The van der Waals surface area contributed by atoms with Crippen LogP contribution in [0.2, 0.25) is 5.02 Å². The van der Waals surface area contributed by atoms with Gasteiger partial charge in [-0.05, 0) is 31.0 Å². The molecule has 1 saturated carbocycles. The quantitative estimate of drug-likeness (QED) is 0.879. The Labute approximate surface area is 99.0 Å². The highest BCUT2D eigenvalue weighted by Crippen LogP contribution is 2.45. The van der Waals surface area contributed by atoms with Gasteiger partial charge in [0.15, 0.2) is 0 Å². The van der Waals surface area contributed by atoms with Crippen molar-refractivity contribution < 1.29 is 14.6 Å². The van der Waals surface area contributed by atoms with E-state index in [4.69, 9.17) is 21.4 Å². The maximum atomic E-state index is 10.7. The minimum atomic E-state index is -0.984. The van der Waals surface area contributed by atoms with Gasteiger partial charge in [-0.1, -0.05) is 18.5 Å². The summed E-state index contributed by atoms with van der Waals surface area (Å²) in [6.45, 7) is 2.80. The first kappa shape index (κ1) is 11.3. The van der Waals surface area contributed by atoms with Gasteiger partial charge in [0, 0.05) is 5.41 Å². The number of hydrogen-bond donors (Lipinski definition) is 1. The predicted molar refractivity (Wildman–Crippen MR) is 61.2 cm³/mol. The minimum absolute atomic E-state index is 0.176. The van der Waals surface area contributed by atoms with Gasteiger partial charge < -0.3 is 9.84 Å². The number of rotatable bonds is 4. The fourth-order valence-electron chi connectivity index (χ4n) is 1.36. The molecule has 0 spiro atoms. The lowest BCUT2D eigenvalue weighted by atomic mass is 10.2. The number of carboxylic acids is 1. The lowest BCUT2D eigenvalue weighted by Gasteiger charge is -2.12. The smallest absolute Gasteiger partial charge is 0.335 e. The molecule has 0 unspecified atom stereocenters. The first-order chi connectivity index (χ1) is 7.50. The molecule has 0 atom stereocenters. The number of halogens is 1. The van der Waals surface area contributed by atoms with Gasteiger partial charge in [0.05, 0.1) is 17.2 Å². The fourth-order valence-corrected chi connectivity index (χ4v) is 1.60. The third kappa shape index (κ3) is 2.47. The molecule has 4 heteroatoms. The van der Waals surface area contributed by atoms with Gasteiger partial charge in [0.1, 0.15) is 5.75 Å². The average molecular weight is 241 g/mol. The summed E-state index contributed by atoms with van der Waals surface area (Å²) in [5.41, 5.74) is 0.462. The van der Waals surface area contributed by atoms with Crippen LogP contribution < -0.4 is 4.74 Å². The summed E-state index contributed by atoms with van der Waals surface area (Å²) in [7, 11) is 0. The van der Waals surface area contributed by atoms with Crippen LogP contribution in [0.5, 0.6) is 5.75 Å². The largest absolute Gasteiger partial charge is 0.491 e. The average Bonchev–Trinajstić information content (AvgIpc) is 2.95. The number of aromatic carboxylic acids is 1. The second-order valence-corrected chi connectivity index (χ2v) is 4.96. The Hall–Kier alpha value is -1.22. The Balaban J connectivity index is 2.07. The van der Waals surface area contributed by atoms with Crippen LogP contribution in [0.3, 0.4) is 0 Å². The minimum Gasteiger partial charge on any atom is -0.491 e. The van der Waals surface area contributed by atoms with Crippen LogP contribution in [-0.4, -0.2) is 17.7 Å². The molecule has 0 aliphatic heterocycles. The number of carbonyl (C=O) groups is 1. The summed E-state index contributed by atoms with van der Waals surface area (Å²) in [4.78, 5) is 10.7.